The molecule has 204 valence electrons. The topological polar surface area (TPSA) is 81.6 Å². The van der Waals surface area contributed by atoms with Crippen LogP contribution in [0.25, 0.3) is 33.2 Å². The first-order valence-electron chi connectivity index (χ1n) is 13.3. The molecular formula is C30H30ClN7O2. The fourth-order valence-electron chi connectivity index (χ4n) is 5.45. The van der Waals surface area contributed by atoms with Gasteiger partial charge in [0, 0.05) is 30.9 Å². The van der Waals surface area contributed by atoms with Gasteiger partial charge in [0.05, 0.1) is 24.5 Å². The molecule has 0 unspecified atom stereocenters. The van der Waals surface area contributed by atoms with Crippen molar-refractivity contribution in [2.24, 2.45) is 5.92 Å². The van der Waals surface area contributed by atoms with E-state index in [0.717, 1.165) is 59.1 Å². The van der Waals surface area contributed by atoms with Gasteiger partial charge >= 0.3 is 6.09 Å². The molecule has 2 aliphatic rings. The number of amides is 1. The summed E-state index contributed by atoms with van der Waals surface area (Å²) in [5, 5.41) is 12.2. The van der Waals surface area contributed by atoms with Gasteiger partial charge in [0.25, 0.3) is 0 Å². The Balaban J connectivity index is 1.26. The van der Waals surface area contributed by atoms with Gasteiger partial charge in [0.2, 0.25) is 0 Å². The monoisotopic (exact) mass is 555 g/mol. The number of rotatable bonds is 4. The maximum Gasteiger partial charge on any atom is 0.407 e. The molecule has 1 amide bonds. The van der Waals surface area contributed by atoms with Crippen LogP contribution in [0.5, 0.6) is 0 Å². The lowest BCUT2D eigenvalue weighted by atomic mass is 10.1. The van der Waals surface area contributed by atoms with Crippen LogP contribution in [0.15, 0.2) is 54.9 Å². The number of hydrogen-bond donors (Lipinski definition) is 1. The third-order valence-electron chi connectivity index (χ3n) is 7.35. The van der Waals surface area contributed by atoms with Gasteiger partial charge in [-0.3, -0.25) is 4.57 Å². The highest BCUT2D eigenvalue weighted by atomic mass is 35.5. The molecule has 6 rings (SSSR count). The van der Waals surface area contributed by atoms with Crippen LogP contribution in [0.1, 0.15) is 32.8 Å². The average molecular weight is 556 g/mol. The normalized spacial score (nSPS) is 16.0. The Kier molecular flexibility index (Phi) is 6.51. The molecule has 0 saturated carbocycles. The lowest BCUT2D eigenvalue weighted by molar-refractivity contribution is 0.0520. The number of benzene rings is 2. The number of alkyl carbamates (subject to hydrolysis) is 1. The van der Waals surface area contributed by atoms with E-state index in [1.165, 1.54) is 0 Å². The van der Waals surface area contributed by atoms with E-state index in [0.29, 0.717) is 29.8 Å². The SMILES string of the molecule is [C-]#[N+]c1ccc(-c2cc3n(c2Cl)Cc2cc(N4CC[C@@H](CNC(=O)OC(C)(C)C)C4)ccc2-n2cnnc2-3)cc1. The fourth-order valence-corrected chi connectivity index (χ4v) is 5.76. The van der Waals surface area contributed by atoms with Crippen LogP contribution in [0.3, 0.4) is 0 Å². The molecular weight excluding hydrogens is 526 g/mol. The average Bonchev–Trinajstić information content (AvgIpc) is 3.65. The molecule has 1 atom stereocenters. The highest BCUT2D eigenvalue weighted by Gasteiger charge is 2.28. The largest absolute Gasteiger partial charge is 0.444 e. The van der Waals surface area contributed by atoms with Crippen LogP contribution in [0.4, 0.5) is 16.2 Å². The van der Waals surface area contributed by atoms with Crippen LogP contribution >= 0.6 is 11.6 Å². The first-order chi connectivity index (χ1) is 19.2. The van der Waals surface area contributed by atoms with Gasteiger partial charge in [-0.25, -0.2) is 9.64 Å². The number of halogens is 1. The fraction of sp³-hybridized carbons (Fsp3) is 0.333. The Morgan fingerprint density at radius 1 is 1.20 bits per heavy atom. The lowest BCUT2D eigenvalue weighted by Crippen LogP contribution is -2.36. The third kappa shape index (κ3) is 4.91. The van der Waals surface area contributed by atoms with Crippen LogP contribution in [0, 0.1) is 12.5 Å². The number of carbonyl (C=O) groups is 1. The summed E-state index contributed by atoms with van der Waals surface area (Å²) in [5.74, 6) is 1.07. The number of fused-ring (bicyclic) bond motifs is 5. The number of nitrogens with zero attached hydrogens (tertiary/aromatic N) is 6. The van der Waals surface area contributed by atoms with Crippen LogP contribution in [0.2, 0.25) is 5.15 Å². The van der Waals surface area contributed by atoms with Gasteiger partial charge < -0.3 is 19.5 Å². The number of carbonyl (C=O) groups excluding carboxylic acids is 1. The predicted octanol–water partition coefficient (Wildman–Crippen LogP) is 6.32. The summed E-state index contributed by atoms with van der Waals surface area (Å²) in [7, 11) is 0. The van der Waals surface area contributed by atoms with E-state index < -0.39 is 5.60 Å². The second kappa shape index (κ2) is 10.0. The summed E-state index contributed by atoms with van der Waals surface area (Å²) in [6.45, 7) is 15.8. The Morgan fingerprint density at radius 3 is 2.75 bits per heavy atom. The standard InChI is InChI=1S/C30H30ClN7O2/c1-30(2,3)40-29(39)33-15-19-11-12-36(16-19)23-9-10-25-21(13-23)17-37-26(28-35-34-18-38(25)28)14-24(27(37)31)20-5-7-22(32-4)8-6-20/h5-10,13-14,18-19H,11-12,15-17H2,1-3H3,(H,33,39)/t19-/m0/s1. The van der Waals surface area contributed by atoms with Gasteiger partial charge in [-0.15, -0.1) is 10.2 Å². The summed E-state index contributed by atoms with van der Waals surface area (Å²) >= 11 is 7.00. The second-order valence-corrected chi connectivity index (χ2v) is 11.7. The van der Waals surface area contributed by atoms with E-state index in [-0.39, 0.29) is 6.09 Å². The molecule has 9 nitrogen and oxygen atoms in total. The zero-order valence-corrected chi connectivity index (χ0v) is 23.4. The summed E-state index contributed by atoms with van der Waals surface area (Å²) in [4.78, 5) is 18.0. The Morgan fingerprint density at radius 2 is 2.00 bits per heavy atom. The van der Waals surface area contributed by atoms with Crippen molar-refractivity contribution in [2.75, 3.05) is 24.5 Å². The Bertz CT molecular complexity index is 1630. The molecule has 1 N–H and O–H groups in total. The molecule has 4 aromatic rings. The maximum absolute atomic E-state index is 12.1. The minimum absolute atomic E-state index is 0.345. The van der Waals surface area contributed by atoms with E-state index in [1.54, 1.807) is 18.5 Å². The third-order valence-corrected chi connectivity index (χ3v) is 7.76. The molecule has 1 fully saturated rings. The molecule has 40 heavy (non-hydrogen) atoms. The highest BCUT2D eigenvalue weighted by molar-refractivity contribution is 6.32. The zero-order valence-electron chi connectivity index (χ0n) is 22.7. The van der Waals surface area contributed by atoms with Crippen molar-refractivity contribution in [1.82, 2.24) is 24.6 Å². The van der Waals surface area contributed by atoms with Crippen LogP contribution in [-0.4, -0.2) is 50.7 Å². The van der Waals surface area contributed by atoms with Gasteiger partial charge in [-0.1, -0.05) is 35.9 Å². The number of aromatic nitrogens is 4. The first kappa shape index (κ1) is 26.0. The van der Waals surface area contributed by atoms with Gasteiger partial charge in [-0.2, -0.15) is 0 Å². The van der Waals surface area contributed by atoms with Crippen molar-refractivity contribution in [1.29, 1.82) is 0 Å². The second-order valence-electron chi connectivity index (χ2n) is 11.3. The number of anilines is 1. The molecule has 0 aliphatic carbocycles. The highest BCUT2D eigenvalue weighted by Crippen LogP contribution is 2.40. The predicted molar refractivity (Wildman–Crippen MR) is 155 cm³/mol. The smallest absolute Gasteiger partial charge is 0.407 e. The molecule has 2 aromatic carbocycles. The summed E-state index contributed by atoms with van der Waals surface area (Å²) in [6, 6.07) is 16.0. The van der Waals surface area contributed by atoms with Gasteiger partial charge in [-0.05, 0) is 68.5 Å². The van der Waals surface area contributed by atoms with E-state index in [4.69, 9.17) is 22.9 Å². The van der Waals surface area contributed by atoms with E-state index in [9.17, 15) is 4.79 Å². The number of ether oxygens (including phenoxy) is 1. The summed E-state index contributed by atoms with van der Waals surface area (Å²) in [6.07, 6.45) is 2.36. The molecule has 2 aliphatic heterocycles. The first-order valence-corrected chi connectivity index (χ1v) is 13.7. The minimum atomic E-state index is -0.509. The number of nitrogens with one attached hydrogen (secondary N) is 1. The quantitative estimate of drug-likeness (QED) is 0.262. The van der Waals surface area contributed by atoms with Crippen molar-refractivity contribution in [3.8, 4) is 28.3 Å². The molecule has 4 heterocycles. The van der Waals surface area contributed by atoms with Crippen molar-refractivity contribution in [3.05, 3.63) is 77.0 Å². The van der Waals surface area contributed by atoms with E-state index in [2.05, 4.69) is 48.0 Å². The molecule has 10 heteroatoms. The van der Waals surface area contributed by atoms with Crippen LogP contribution < -0.4 is 10.2 Å². The van der Waals surface area contributed by atoms with Crippen LogP contribution in [-0.2, 0) is 11.3 Å². The van der Waals surface area contributed by atoms with Gasteiger partial charge in [0.15, 0.2) is 11.5 Å². The van der Waals surface area contributed by atoms with E-state index in [1.807, 2.05) is 43.5 Å². The molecule has 1 saturated heterocycles. The Hall–Kier alpha value is -4.29. The maximum atomic E-state index is 12.1. The van der Waals surface area contributed by atoms with Crippen molar-refractivity contribution < 1.29 is 9.53 Å². The van der Waals surface area contributed by atoms with Crippen molar-refractivity contribution in [3.63, 3.8) is 0 Å². The molecule has 2 aromatic heterocycles. The molecule has 0 radical (unpaired) electrons. The molecule has 0 bridgehead atoms. The minimum Gasteiger partial charge on any atom is -0.444 e. The summed E-state index contributed by atoms with van der Waals surface area (Å²) in [5.41, 5.74) is 6.07. The lowest BCUT2D eigenvalue weighted by Gasteiger charge is -2.22. The molecule has 0 spiro atoms. The van der Waals surface area contributed by atoms with E-state index >= 15 is 0 Å². The van der Waals surface area contributed by atoms with Crippen molar-refractivity contribution in [2.45, 2.75) is 39.3 Å². The number of hydrogen-bond acceptors (Lipinski definition) is 5. The Labute approximate surface area is 238 Å². The zero-order chi connectivity index (χ0) is 28.0. The van der Waals surface area contributed by atoms with Gasteiger partial charge in [0.1, 0.15) is 17.1 Å². The summed E-state index contributed by atoms with van der Waals surface area (Å²) < 4.78 is 9.47. The van der Waals surface area contributed by atoms with Crippen molar-refractivity contribution >= 4 is 29.1 Å².